The molecular formula is C13H15N3O3. The molecule has 0 aliphatic heterocycles. The highest BCUT2D eigenvalue weighted by molar-refractivity contribution is 5.87. The summed E-state index contributed by atoms with van der Waals surface area (Å²) in [6.45, 7) is 4.70. The molecule has 0 aliphatic carbocycles. The highest BCUT2D eigenvalue weighted by Gasteiger charge is 2.05. The van der Waals surface area contributed by atoms with Crippen molar-refractivity contribution in [1.82, 2.24) is 14.8 Å². The molecule has 100 valence electrons. The van der Waals surface area contributed by atoms with Crippen LogP contribution in [0.4, 0.5) is 0 Å². The maximum absolute atomic E-state index is 10.8. The summed E-state index contributed by atoms with van der Waals surface area (Å²) in [5.41, 5.74) is 0.213. The lowest BCUT2D eigenvalue weighted by atomic mass is 10.2. The Morgan fingerprint density at radius 3 is 2.84 bits per heavy atom. The van der Waals surface area contributed by atoms with Crippen molar-refractivity contribution >= 4 is 5.97 Å². The van der Waals surface area contributed by atoms with Crippen molar-refractivity contribution in [2.24, 2.45) is 0 Å². The van der Waals surface area contributed by atoms with Crippen molar-refractivity contribution in [3.8, 4) is 5.75 Å². The maximum atomic E-state index is 10.8. The van der Waals surface area contributed by atoms with Gasteiger partial charge in [0, 0.05) is 0 Å². The third-order valence-electron chi connectivity index (χ3n) is 2.62. The molecule has 1 N–H and O–H groups in total. The van der Waals surface area contributed by atoms with E-state index in [1.807, 2.05) is 13.8 Å². The van der Waals surface area contributed by atoms with Gasteiger partial charge in [0.2, 0.25) is 0 Å². The molecule has 0 bridgehead atoms. The second-order valence-corrected chi connectivity index (χ2v) is 4.11. The predicted octanol–water partition coefficient (Wildman–Crippen LogP) is 1.67. The first-order chi connectivity index (χ1) is 9.06. The lowest BCUT2D eigenvalue weighted by Gasteiger charge is -2.07. The highest BCUT2D eigenvalue weighted by Crippen LogP contribution is 2.13. The fourth-order valence-electron chi connectivity index (χ4n) is 1.74. The van der Waals surface area contributed by atoms with Gasteiger partial charge in [-0.25, -0.2) is 14.5 Å². The number of carboxylic acid groups (broad SMARTS) is 1. The smallest absolute Gasteiger partial charge is 0.335 e. The van der Waals surface area contributed by atoms with E-state index in [0.717, 1.165) is 11.6 Å². The first-order valence-corrected chi connectivity index (χ1v) is 5.90. The van der Waals surface area contributed by atoms with E-state index in [4.69, 9.17) is 9.84 Å². The minimum Gasteiger partial charge on any atom is -0.492 e. The molecule has 19 heavy (non-hydrogen) atoms. The minimum absolute atomic E-state index is 0.213. The van der Waals surface area contributed by atoms with Gasteiger partial charge < -0.3 is 9.84 Å². The van der Waals surface area contributed by atoms with E-state index in [1.54, 1.807) is 16.8 Å². The summed E-state index contributed by atoms with van der Waals surface area (Å²) in [7, 11) is 0. The topological polar surface area (TPSA) is 77.2 Å². The number of nitrogens with zero attached hydrogens (tertiary/aromatic N) is 3. The fourth-order valence-corrected chi connectivity index (χ4v) is 1.74. The minimum atomic E-state index is -0.965. The van der Waals surface area contributed by atoms with E-state index >= 15 is 0 Å². The average molecular weight is 261 g/mol. The summed E-state index contributed by atoms with van der Waals surface area (Å²) in [6, 6.07) is 6.41. The van der Waals surface area contributed by atoms with E-state index in [0.29, 0.717) is 18.9 Å². The van der Waals surface area contributed by atoms with Crippen LogP contribution < -0.4 is 4.74 Å². The average Bonchev–Trinajstić information content (AvgIpc) is 2.68. The van der Waals surface area contributed by atoms with Gasteiger partial charge in [-0.2, -0.15) is 5.10 Å². The Morgan fingerprint density at radius 2 is 2.21 bits per heavy atom. The zero-order chi connectivity index (χ0) is 13.8. The first kappa shape index (κ1) is 13.1. The van der Waals surface area contributed by atoms with Gasteiger partial charge in [0.1, 0.15) is 24.0 Å². The lowest BCUT2D eigenvalue weighted by molar-refractivity contribution is 0.0696. The molecule has 0 aliphatic rings. The fraction of sp³-hybridized carbons (Fsp3) is 0.308. The molecule has 0 fully saturated rings. The van der Waals surface area contributed by atoms with Crippen LogP contribution in [-0.2, 0) is 6.54 Å². The molecule has 0 saturated carbocycles. The molecular weight excluding hydrogens is 246 g/mol. The lowest BCUT2D eigenvalue weighted by Crippen LogP contribution is -2.11. The van der Waals surface area contributed by atoms with E-state index < -0.39 is 5.97 Å². The zero-order valence-corrected chi connectivity index (χ0v) is 10.8. The molecule has 0 radical (unpaired) electrons. The summed E-state index contributed by atoms with van der Waals surface area (Å²) < 4.78 is 7.27. The van der Waals surface area contributed by atoms with Crippen molar-refractivity contribution in [1.29, 1.82) is 0 Å². The number of aromatic carboxylic acids is 1. The van der Waals surface area contributed by atoms with Crippen LogP contribution in [0.15, 0.2) is 24.3 Å². The molecule has 6 heteroatoms. The van der Waals surface area contributed by atoms with Crippen molar-refractivity contribution in [3.63, 3.8) is 0 Å². The Hall–Kier alpha value is -2.37. The highest BCUT2D eigenvalue weighted by atomic mass is 16.5. The van der Waals surface area contributed by atoms with Gasteiger partial charge in [-0.3, -0.25) is 0 Å². The number of ether oxygens (including phenoxy) is 1. The number of rotatable bonds is 5. The first-order valence-electron chi connectivity index (χ1n) is 5.90. The molecule has 1 aromatic heterocycles. The summed E-state index contributed by atoms with van der Waals surface area (Å²) in [6.07, 6.45) is 0. The molecule has 0 amide bonds. The summed E-state index contributed by atoms with van der Waals surface area (Å²) in [5, 5.41) is 13.1. The SMILES string of the molecule is Cc1nc(C)n(CCOc2cccc(C(=O)O)c2)n1. The van der Waals surface area contributed by atoms with Crippen molar-refractivity contribution < 1.29 is 14.6 Å². The Bertz CT molecular complexity index is 593. The summed E-state index contributed by atoms with van der Waals surface area (Å²) >= 11 is 0. The Kier molecular flexibility index (Phi) is 3.79. The molecule has 0 atom stereocenters. The van der Waals surface area contributed by atoms with Crippen LogP contribution in [0.3, 0.4) is 0 Å². The Balaban J connectivity index is 1.94. The van der Waals surface area contributed by atoms with Crippen LogP contribution in [0.5, 0.6) is 5.75 Å². The number of hydrogen-bond donors (Lipinski definition) is 1. The number of carboxylic acids is 1. The largest absolute Gasteiger partial charge is 0.492 e. The number of hydrogen-bond acceptors (Lipinski definition) is 4. The second-order valence-electron chi connectivity index (χ2n) is 4.11. The van der Waals surface area contributed by atoms with Crippen LogP contribution in [0.2, 0.25) is 0 Å². The van der Waals surface area contributed by atoms with Crippen LogP contribution in [0.1, 0.15) is 22.0 Å². The van der Waals surface area contributed by atoms with Crippen LogP contribution in [0.25, 0.3) is 0 Å². The van der Waals surface area contributed by atoms with Gasteiger partial charge in [0.25, 0.3) is 0 Å². The van der Waals surface area contributed by atoms with Gasteiger partial charge in [-0.1, -0.05) is 6.07 Å². The molecule has 0 unspecified atom stereocenters. The molecule has 6 nitrogen and oxygen atoms in total. The summed E-state index contributed by atoms with van der Waals surface area (Å²) in [4.78, 5) is 15.0. The zero-order valence-electron chi connectivity index (χ0n) is 10.8. The predicted molar refractivity (Wildman–Crippen MR) is 68.4 cm³/mol. The number of carbonyl (C=O) groups is 1. The van der Waals surface area contributed by atoms with Crippen molar-refractivity contribution in [2.75, 3.05) is 6.61 Å². The standard InChI is InChI=1S/C13H15N3O3/c1-9-14-10(2)16(15-9)6-7-19-12-5-3-4-11(8-12)13(17)18/h3-5,8H,6-7H2,1-2H3,(H,17,18). The van der Waals surface area contributed by atoms with E-state index in [9.17, 15) is 4.79 Å². The van der Waals surface area contributed by atoms with Crippen LogP contribution >= 0.6 is 0 Å². The van der Waals surface area contributed by atoms with Gasteiger partial charge in [0.05, 0.1) is 12.1 Å². The van der Waals surface area contributed by atoms with Gasteiger partial charge in [-0.05, 0) is 32.0 Å². The monoisotopic (exact) mass is 261 g/mol. The van der Waals surface area contributed by atoms with Crippen molar-refractivity contribution in [2.45, 2.75) is 20.4 Å². The normalized spacial score (nSPS) is 10.4. The van der Waals surface area contributed by atoms with E-state index in [2.05, 4.69) is 10.1 Å². The maximum Gasteiger partial charge on any atom is 0.335 e. The Morgan fingerprint density at radius 1 is 1.42 bits per heavy atom. The van der Waals surface area contributed by atoms with E-state index in [-0.39, 0.29) is 5.56 Å². The third kappa shape index (κ3) is 3.31. The molecule has 2 rings (SSSR count). The molecule has 2 aromatic rings. The number of aryl methyl sites for hydroxylation is 2. The van der Waals surface area contributed by atoms with Gasteiger partial charge >= 0.3 is 5.97 Å². The molecule has 1 aromatic carbocycles. The molecule has 1 heterocycles. The molecule has 0 spiro atoms. The quantitative estimate of drug-likeness (QED) is 0.885. The molecule has 0 saturated heterocycles. The Labute approximate surface area is 110 Å². The van der Waals surface area contributed by atoms with Crippen LogP contribution in [0, 0.1) is 13.8 Å². The number of benzene rings is 1. The van der Waals surface area contributed by atoms with Crippen LogP contribution in [-0.4, -0.2) is 32.4 Å². The second kappa shape index (κ2) is 5.51. The van der Waals surface area contributed by atoms with Gasteiger partial charge in [0.15, 0.2) is 0 Å². The number of aromatic nitrogens is 3. The van der Waals surface area contributed by atoms with E-state index in [1.165, 1.54) is 12.1 Å². The van der Waals surface area contributed by atoms with Crippen molar-refractivity contribution in [3.05, 3.63) is 41.5 Å². The van der Waals surface area contributed by atoms with Gasteiger partial charge in [-0.15, -0.1) is 0 Å². The summed E-state index contributed by atoms with van der Waals surface area (Å²) in [5.74, 6) is 1.13. The third-order valence-corrected chi connectivity index (χ3v) is 2.62.